The highest BCUT2D eigenvalue weighted by Gasteiger charge is 2.73. The van der Waals surface area contributed by atoms with E-state index in [1.165, 1.54) is 34.7 Å². The lowest BCUT2D eigenvalue weighted by molar-refractivity contribution is -0.348. The lowest BCUT2D eigenvalue weighted by Gasteiger charge is -2.31. The van der Waals surface area contributed by atoms with E-state index in [0.717, 1.165) is 6.07 Å². The van der Waals surface area contributed by atoms with Crippen LogP contribution in [0.3, 0.4) is 0 Å². The molecule has 0 spiro atoms. The first-order valence-corrected chi connectivity index (χ1v) is 9.15. The van der Waals surface area contributed by atoms with Crippen molar-refractivity contribution in [1.29, 1.82) is 0 Å². The molecule has 2 aromatic carbocycles. The molecule has 0 aromatic heterocycles. The normalized spacial score (nSPS) is 12.8. The van der Waals surface area contributed by atoms with E-state index in [1.807, 2.05) is 0 Å². The Labute approximate surface area is 179 Å². The summed E-state index contributed by atoms with van der Waals surface area (Å²) in [5, 5.41) is 2.15. The van der Waals surface area contributed by atoms with Crippen molar-refractivity contribution in [2.24, 2.45) is 0 Å². The van der Waals surface area contributed by atoms with E-state index in [1.54, 1.807) is 0 Å². The van der Waals surface area contributed by atoms with Gasteiger partial charge in [-0.25, -0.2) is 8.78 Å². The van der Waals surface area contributed by atoms with Gasteiger partial charge in [-0.1, -0.05) is 6.07 Å². The van der Waals surface area contributed by atoms with Gasteiger partial charge in [-0.15, -0.1) is 0 Å². The monoisotopic (exact) mass is 602 g/mol. The second-order valence-corrected chi connectivity index (χ2v) is 7.65. The number of carbonyl (C=O) groups is 1. The van der Waals surface area contributed by atoms with E-state index in [2.05, 4.69) is 21.2 Å². The predicted molar refractivity (Wildman–Crippen MR) is 101 cm³/mol. The Morgan fingerprint density at radius 1 is 1.03 bits per heavy atom. The predicted octanol–water partition coefficient (Wildman–Crippen LogP) is 6.32. The molecule has 0 fully saturated rings. The Hall–Kier alpha value is -1.64. The van der Waals surface area contributed by atoms with Crippen molar-refractivity contribution in [3.8, 4) is 0 Å². The van der Waals surface area contributed by atoms with Crippen LogP contribution in [0, 0.1) is 9.39 Å². The van der Waals surface area contributed by atoms with Gasteiger partial charge in [0.1, 0.15) is 0 Å². The average molecular weight is 603 g/mol. The zero-order valence-corrected chi connectivity index (χ0v) is 17.4. The van der Waals surface area contributed by atoms with Gasteiger partial charge in [0.05, 0.1) is 16.9 Å². The van der Waals surface area contributed by atoms with Gasteiger partial charge in [-0.05, 0) is 62.8 Å². The summed E-state index contributed by atoms with van der Waals surface area (Å²) in [4.78, 5) is 12.2. The Balaban J connectivity index is 2.52. The quantitative estimate of drug-likeness (QED) is 0.246. The second-order valence-electron chi connectivity index (χ2n) is 5.63. The van der Waals surface area contributed by atoms with Crippen LogP contribution in [-0.4, -0.2) is 18.3 Å². The van der Waals surface area contributed by atoms with Gasteiger partial charge in [0.25, 0.3) is 5.91 Å². The minimum atomic E-state index is -6.29. The van der Waals surface area contributed by atoms with E-state index in [9.17, 15) is 39.9 Å². The zero-order chi connectivity index (χ0) is 22.4. The van der Waals surface area contributed by atoms with Crippen LogP contribution in [-0.2, 0) is 5.67 Å². The lowest BCUT2D eigenvalue weighted by atomic mass is 9.94. The summed E-state index contributed by atoms with van der Waals surface area (Å²) < 4.78 is 105. The van der Waals surface area contributed by atoms with E-state index >= 15 is 0 Å². The average Bonchev–Trinajstić information content (AvgIpc) is 2.57. The molecule has 0 bridgehead atoms. The van der Waals surface area contributed by atoms with Crippen LogP contribution in [0.1, 0.15) is 15.9 Å². The van der Waals surface area contributed by atoms with Crippen LogP contribution in [0.5, 0.6) is 0 Å². The number of nitrogens with two attached hydrogens (primary N) is 1. The molecule has 0 atom stereocenters. The molecule has 0 heterocycles. The maximum atomic E-state index is 14.2. The number of carbonyl (C=O) groups excluding carboxylic acids is 1. The molecule has 29 heavy (non-hydrogen) atoms. The number of halogens is 10. The number of nitrogens with one attached hydrogen (secondary N) is 1. The summed E-state index contributed by atoms with van der Waals surface area (Å²) in [6, 6.07) is 4.04. The first-order valence-electron chi connectivity index (χ1n) is 7.28. The van der Waals surface area contributed by atoms with Crippen LogP contribution >= 0.6 is 38.5 Å². The molecule has 1 amide bonds. The number of hydrogen-bond donors (Lipinski definition) is 2. The molecular weight excluding hydrogens is 595 g/mol. The number of nitrogen functional groups attached to an aromatic ring is 1. The van der Waals surface area contributed by atoms with Crippen LogP contribution in [0.25, 0.3) is 0 Å². The van der Waals surface area contributed by atoms with Crippen molar-refractivity contribution in [1.82, 2.24) is 0 Å². The summed E-state index contributed by atoms with van der Waals surface area (Å²) in [6.45, 7) is 0. The third-order valence-corrected chi connectivity index (χ3v) is 5.21. The van der Waals surface area contributed by atoms with Gasteiger partial charge in [0.2, 0.25) is 0 Å². The summed E-state index contributed by atoms with van der Waals surface area (Å²) in [5.74, 6) is -2.14. The molecule has 0 unspecified atom stereocenters. The van der Waals surface area contributed by atoms with E-state index in [-0.39, 0.29) is 27.1 Å². The second kappa shape index (κ2) is 7.89. The van der Waals surface area contributed by atoms with Gasteiger partial charge in [-0.3, -0.25) is 4.79 Å². The number of hydrogen-bond acceptors (Lipinski definition) is 2. The SMILES string of the molecule is Nc1cccc(C(=O)Nc2c(Br)cc(C(F)(C(F)(F)F)C(F)(F)F)cc2I)c1F. The smallest absolute Gasteiger partial charge is 0.396 e. The Kier molecular flexibility index (Phi) is 6.43. The van der Waals surface area contributed by atoms with Gasteiger partial charge in [0.15, 0.2) is 5.82 Å². The van der Waals surface area contributed by atoms with Crippen molar-refractivity contribution >= 4 is 55.8 Å². The molecule has 0 radical (unpaired) electrons. The Bertz CT molecular complexity index is 924. The molecule has 3 nitrogen and oxygen atoms in total. The highest BCUT2D eigenvalue weighted by molar-refractivity contribution is 14.1. The van der Waals surface area contributed by atoms with Gasteiger partial charge in [0, 0.05) is 13.6 Å². The number of amides is 1. The molecule has 2 aromatic rings. The number of anilines is 2. The summed E-state index contributed by atoms with van der Waals surface area (Å²) in [6.07, 6.45) is -12.6. The van der Waals surface area contributed by atoms with Crippen molar-refractivity contribution in [3.05, 3.63) is 55.3 Å². The minimum absolute atomic E-state index is 0.245. The summed E-state index contributed by atoms with van der Waals surface area (Å²) in [5.41, 5.74) is -3.17. The van der Waals surface area contributed by atoms with E-state index in [0.29, 0.717) is 0 Å². The van der Waals surface area contributed by atoms with Gasteiger partial charge < -0.3 is 11.1 Å². The van der Waals surface area contributed by atoms with Gasteiger partial charge >= 0.3 is 18.0 Å². The highest BCUT2D eigenvalue weighted by Crippen LogP contribution is 2.54. The molecule has 0 saturated heterocycles. The maximum Gasteiger partial charge on any atom is 0.435 e. The van der Waals surface area contributed by atoms with Crippen molar-refractivity contribution < 1.29 is 39.9 Å². The lowest BCUT2D eigenvalue weighted by Crippen LogP contribution is -2.50. The third kappa shape index (κ3) is 4.29. The highest BCUT2D eigenvalue weighted by atomic mass is 127. The molecule has 0 aliphatic carbocycles. The maximum absolute atomic E-state index is 14.2. The number of alkyl halides is 7. The Morgan fingerprint density at radius 2 is 1.59 bits per heavy atom. The first-order chi connectivity index (χ1) is 13.1. The molecule has 0 saturated carbocycles. The van der Waals surface area contributed by atoms with E-state index < -0.39 is 45.3 Å². The number of benzene rings is 2. The zero-order valence-electron chi connectivity index (χ0n) is 13.7. The van der Waals surface area contributed by atoms with Crippen molar-refractivity contribution in [3.63, 3.8) is 0 Å². The molecule has 158 valence electrons. The molecule has 3 N–H and O–H groups in total. The van der Waals surface area contributed by atoms with Crippen molar-refractivity contribution in [2.45, 2.75) is 18.0 Å². The fourth-order valence-electron chi connectivity index (χ4n) is 2.29. The van der Waals surface area contributed by atoms with Crippen LogP contribution in [0.4, 0.5) is 46.5 Å². The molecular formula is C16H8BrF8IN2O. The summed E-state index contributed by atoms with van der Waals surface area (Å²) in [7, 11) is 0. The van der Waals surface area contributed by atoms with Crippen LogP contribution in [0.15, 0.2) is 34.8 Å². The Morgan fingerprint density at radius 3 is 2.07 bits per heavy atom. The van der Waals surface area contributed by atoms with Crippen LogP contribution < -0.4 is 11.1 Å². The summed E-state index contributed by atoms with van der Waals surface area (Å²) >= 11 is 4.03. The minimum Gasteiger partial charge on any atom is -0.396 e. The third-order valence-electron chi connectivity index (χ3n) is 3.73. The molecule has 13 heteroatoms. The van der Waals surface area contributed by atoms with Crippen molar-refractivity contribution in [2.75, 3.05) is 11.1 Å². The van der Waals surface area contributed by atoms with Gasteiger partial charge in [-0.2, -0.15) is 26.3 Å². The number of rotatable bonds is 3. The largest absolute Gasteiger partial charge is 0.435 e. The topological polar surface area (TPSA) is 55.1 Å². The molecule has 0 aliphatic rings. The molecule has 2 rings (SSSR count). The van der Waals surface area contributed by atoms with E-state index in [4.69, 9.17) is 5.73 Å². The van der Waals surface area contributed by atoms with Crippen LogP contribution in [0.2, 0.25) is 0 Å². The fourth-order valence-corrected chi connectivity index (χ4v) is 3.98. The standard InChI is InChI=1S/C16H8BrF8IN2O/c17-8-4-6(14(19,15(20,21)22)16(23,24)25)5-9(26)12(8)28-13(29)7-2-1-3-10(27)11(7)18/h1-5H,27H2,(H,28,29). The first kappa shape index (κ1) is 23.6. The fraction of sp³-hybridized carbons (Fsp3) is 0.188. The molecule has 0 aliphatic heterocycles.